The van der Waals surface area contributed by atoms with Crippen LogP contribution in [0.4, 0.5) is 4.39 Å². The number of benzene rings is 2. The molecule has 0 radical (unpaired) electrons. The standard InChI is InChI=1S/C32H30FN7O2S/c1-43(41,42)9-6-20-10-23(13-25(33)12-20)27-17-35-18-29-30(27)37-32(36-29)31-26-14-22(4-5-28(26)38-39-31)24-11-21(15-34-16-24)19-40-7-2-3-8-40/h4-5,10-18H,2-3,6-9,19H2,1H3,(H,36,37)(H,38,39). The molecule has 4 aromatic heterocycles. The molecule has 1 aliphatic heterocycles. The molecule has 2 N–H and O–H groups in total. The van der Waals surface area contributed by atoms with Crippen molar-refractivity contribution in [1.82, 2.24) is 35.0 Å². The van der Waals surface area contributed by atoms with Gasteiger partial charge in [-0.05, 0) is 84.9 Å². The average molecular weight is 596 g/mol. The van der Waals surface area contributed by atoms with Crippen LogP contribution < -0.4 is 0 Å². The van der Waals surface area contributed by atoms with Crippen molar-refractivity contribution in [1.29, 1.82) is 0 Å². The molecule has 1 saturated heterocycles. The lowest BCUT2D eigenvalue weighted by atomic mass is 10.0. The van der Waals surface area contributed by atoms with Crippen LogP contribution in [-0.4, -0.2) is 68.5 Å². The van der Waals surface area contributed by atoms with Crippen molar-refractivity contribution in [3.8, 4) is 33.8 Å². The van der Waals surface area contributed by atoms with Gasteiger partial charge < -0.3 is 4.98 Å². The zero-order valence-corrected chi connectivity index (χ0v) is 24.5. The fourth-order valence-corrected chi connectivity index (χ4v) is 6.42. The van der Waals surface area contributed by atoms with Gasteiger partial charge in [-0.25, -0.2) is 17.8 Å². The monoisotopic (exact) mass is 595 g/mol. The van der Waals surface area contributed by atoms with E-state index in [9.17, 15) is 12.8 Å². The van der Waals surface area contributed by atoms with E-state index in [0.29, 0.717) is 39.2 Å². The fourth-order valence-electron chi connectivity index (χ4n) is 5.81. The number of likely N-dealkylation sites (tertiary alicyclic amines) is 1. The minimum atomic E-state index is -3.18. The molecule has 6 aromatic rings. The summed E-state index contributed by atoms with van der Waals surface area (Å²) in [7, 11) is -3.18. The number of sulfone groups is 1. The first-order valence-corrected chi connectivity index (χ1v) is 16.3. The molecule has 7 rings (SSSR count). The highest BCUT2D eigenvalue weighted by Crippen LogP contribution is 2.33. The van der Waals surface area contributed by atoms with Crippen molar-refractivity contribution in [2.75, 3.05) is 25.1 Å². The second kappa shape index (κ2) is 11.0. The zero-order chi connectivity index (χ0) is 29.6. The van der Waals surface area contributed by atoms with E-state index in [2.05, 4.69) is 48.2 Å². The number of H-pyrrole nitrogens is 2. The van der Waals surface area contributed by atoms with E-state index < -0.39 is 15.7 Å². The summed E-state index contributed by atoms with van der Waals surface area (Å²) in [5.74, 6) is 0.0543. The Kier molecular flexibility index (Phi) is 6.98. The van der Waals surface area contributed by atoms with Gasteiger partial charge in [-0.3, -0.25) is 20.0 Å². The van der Waals surface area contributed by atoms with E-state index in [-0.39, 0.29) is 12.2 Å². The third kappa shape index (κ3) is 5.78. The minimum absolute atomic E-state index is 0.0576. The number of aryl methyl sites for hydroxylation is 1. The number of rotatable bonds is 8. The quantitative estimate of drug-likeness (QED) is 0.237. The number of aromatic amines is 2. The highest BCUT2D eigenvalue weighted by molar-refractivity contribution is 7.90. The van der Waals surface area contributed by atoms with Crippen LogP contribution in [0.5, 0.6) is 0 Å². The summed E-state index contributed by atoms with van der Waals surface area (Å²) in [6.07, 6.45) is 11.0. The Labute approximate surface area is 248 Å². The molecule has 0 amide bonds. The molecule has 0 saturated carbocycles. The zero-order valence-electron chi connectivity index (χ0n) is 23.6. The molecule has 0 atom stereocenters. The lowest BCUT2D eigenvalue weighted by Gasteiger charge is -2.14. The van der Waals surface area contributed by atoms with Crippen molar-refractivity contribution in [2.24, 2.45) is 0 Å². The average Bonchev–Trinajstić information content (AvgIpc) is 3.75. The van der Waals surface area contributed by atoms with Crippen molar-refractivity contribution in [2.45, 2.75) is 25.8 Å². The van der Waals surface area contributed by atoms with Crippen LogP contribution in [0.2, 0.25) is 0 Å². The van der Waals surface area contributed by atoms with Crippen LogP contribution in [0.3, 0.4) is 0 Å². The Morgan fingerprint density at radius 2 is 1.70 bits per heavy atom. The maximum atomic E-state index is 14.6. The van der Waals surface area contributed by atoms with Gasteiger partial charge in [0.1, 0.15) is 21.3 Å². The first-order valence-electron chi connectivity index (χ1n) is 14.3. The van der Waals surface area contributed by atoms with Crippen LogP contribution >= 0.6 is 0 Å². The molecular weight excluding hydrogens is 565 g/mol. The van der Waals surface area contributed by atoms with E-state index in [1.807, 2.05) is 18.5 Å². The number of hydrogen-bond donors (Lipinski definition) is 2. The fraction of sp³-hybridized carbons (Fsp3) is 0.250. The van der Waals surface area contributed by atoms with Gasteiger partial charge in [0.2, 0.25) is 0 Å². The van der Waals surface area contributed by atoms with E-state index >= 15 is 0 Å². The molecule has 2 aromatic carbocycles. The SMILES string of the molecule is CS(=O)(=O)CCc1cc(F)cc(-c2cncc3[nH]c(-c4n[nH]c5ccc(-c6cncc(CN7CCCC7)c6)cc45)nc23)c1. The van der Waals surface area contributed by atoms with E-state index in [1.165, 1.54) is 36.8 Å². The molecule has 0 aliphatic carbocycles. The summed E-state index contributed by atoms with van der Waals surface area (Å²) in [5.41, 5.74) is 7.92. The second-order valence-electron chi connectivity index (χ2n) is 11.3. The summed E-state index contributed by atoms with van der Waals surface area (Å²) >= 11 is 0. The molecule has 0 bridgehead atoms. The van der Waals surface area contributed by atoms with Crippen LogP contribution in [0.15, 0.2) is 67.3 Å². The van der Waals surface area contributed by atoms with Crippen molar-refractivity contribution in [3.05, 3.63) is 84.2 Å². The number of imidazole rings is 1. The van der Waals surface area contributed by atoms with Gasteiger partial charge in [0.05, 0.1) is 28.5 Å². The van der Waals surface area contributed by atoms with Crippen molar-refractivity contribution >= 4 is 31.8 Å². The smallest absolute Gasteiger partial charge is 0.159 e. The highest BCUT2D eigenvalue weighted by atomic mass is 32.2. The van der Waals surface area contributed by atoms with Gasteiger partial charge in [-0.1, -0.05) is 12.1 Å². The first kappa shape index (κ1) is 27.4. The number of nitrogens with zero attached hydrogens (tertiary/aromatic N) is 5. The number of pyridine rings is 2. The minimum Gasteiger partial charge on any atom is -0.335 e. The lowest BCUT2D eigenvalue weighted by molar-refractivity contribution is 0.331. The van der Waals surface area contributed by atoms with E-state index in [1.54, 1.807) is 18.5 Å². The van der Waals surface area contributed by atoms with Crippen molar-refractivity contribution in [3.63, 3.8) is 0 Å². The van der Waals surface area contributed by atoms with Gasteiger partial charge in [0.25, 0.3) is 0 Å². The number of fused-ring (bicyclic) bond motifs is 2. The molecule has 1 aliphatic rings. The summed E-state index contributed by atoms with van der Waals surface area (Å²) < 4.78 is 38.0. The van der Waals surface area contributed by atoms with Crippen molar-refractivity contribution < 1.29 is 12.8 Å². The van der Waals surface area contributed by atoms with E-state index in [4.69, 9.17) is 4.98 Å². The number of halogens is 1. The maximum absolute atomic E-state index is 14.6. The van der Waals surface area contributed by atoms with Crippen LogP contribution in [-0.2, 0) is 22.8 Å². The maximum Gasteiger partial charge on any atom is 0.159 e. The summed E-state index contributed by atoms with van der Waals surface area (Å²) in [6, 6.07) is 12.9. The van der Waals surface area contributed by atoms with Crippen LogP contribution in [0.1, 0.15) is 24.0 Å². The predicted molar refractivity (Wildman–Crippen MR) is 166 cm³/mol. The molecule has 0 spiro atoms. The Morgan fingerprint density at radius 1 is 0.884 bits per heavy atom. The Balaban J connectivity index is 1.24. The van der Waals surface area contributed by atoms with Gasteiger partial charge >= 0.3 is 0 Å². The normalized spacial score (nSPS) is 14.3. The third-order valence-corrected chi connectivity index (χ3v) is 8.89. The van der Waals surface area contributed by atoms with Gasteiger partial charge in [0, 0.05) is 47.9 Å². The van der Waals surface area contributed by atoms with Crippen LogP contribution in [0, 0.1) is 5.82 Å². The first-order chi connectivity index (χ1) is 20.8. The van der Waals surface area contributed by atoms with Gasteiger partial charge in [-0.15, -0.1) is 0 Å². The highest BCUT2D eigenvalue weighted by Gasteiger charge is 2.18. The summed E-state index contributed by atoms with van der Waals surface area (Å²) in [5, 5.41) is 8.60. The van der Waals surface area contributed by atoms with Crippen LogP contribution in [0.25, 0.3) is 55.7 Å². The van der Waals surface area contributed by atoms with Gasteiger partial charge in [-0.2, -0.15) is 5.10 Å². The Hall–Kier alpha value is -4.48. The molecule has 9 nitrogen and oxygen atoms in total. The summed E-state index contributed by atoms with van der Waals surface area (Å²) in [6.45, 7) is 3.17. The molecular formula is C32H30FN7O2S. The third-order valence-electron chi connectivity index (χ3n) is 7.94. The number of aromatic nitrogens is 6. The molecule has 1 fully saturated rings. The molecule has 43 heavy (non-hydrogen) atoms. The number of nitrogens with one attached hydrogen (secondary N) is 2. The van der Waals surface area contributed by atoms with Gasteiger partial charge in [0.15, 0.2) is 5.82 Å². The topological polar surface area (TPSA) is 121 Å². The number of hydrogen-bond acceptors (Lipinski definition) is 7. The Morgan fingerprint density at radius 3 is 2.53 bits per heavy atom. The second-order valence-corrected chi connectivity index (χ2v) is 13.6. The van der Waals surface area contributed by atoms with E-state index in [0.717, 1.165) is 41.7 Å². The Bertz CT molecular complexity index is 2080. The lowest BCUT2D eigenvalue weighted by Crippen LogP contribution is -2.18. The summed E-state index contributed by atoms with van der Waals surface area (Å²) in [4.78, 5) is 19.6. The predicted octanol–water partition coefficient (Wildman–Crippen LogP) is 5.55. The molecule has 218 valence electrons. The molecule has 5 heterocycles. The largest absolute Gasteiger partial charge is 0.335 e. The molecule has 11 heteroatoms. The molecule has 0 unspecified atom stereocenters.